The van der Waals surface area contributed by atoms with Crippen molar-refractivity contribution in [2.24, 2.45) is 5.92 Å². The van der Waals surface area contributed by atoms with Crippen molar-refractivity contribution in [3.63, 3.8) is 0 Å². The molecule has 4 heteroatoms. The summed E-state index contributed by atoms with van der Waals surface area (Å²) in [5.74, 6) is 0.505. The van der Waals surface area contributed by atoms with E-state index >= 15 is 0 Å². The topological polar surface area (TPSA) is 21.3 Å². The molecule has 0 amide bonds. The molecule has 14 heavy (non-hydrogen) atoms. The molecule has 0 fully saturated rings. The summed E-state index contributed by atoms with van der Waals surface area (Å²) < 4.78 is 28.3. The van der Waals surface area contributed by atoms with Crippen molar-refractivity contribution in [3.05, 3.63) is 0 Å². The van der Waals surface area contributed by atoms with Gasteiger partial charge in [-0.3, -0.25) is 0 Å². The molecule has 0 aliphatic heterocycles. The van der Waals surface area contributed by atoms with Gasteiger partial charge in [-0.1, -0.05) is 20.8 Å². The van der Waals surface area contributed by atoms with Gasteiger partial charge in [0.15, 0.2) is 0 Å². The van der Waals surface area contributed by atoms with Crippen LogP contribution in [0.4, 0.5) is 8.78 Å². The Morgan fingerprint density at radius 2 is 1.93 bits per heavy atom. The van der Waals surface area contributed by atoms with Crippen LogP contribution in [0.2, 0.25) is 0 Å². The molecule has 0 heterocycles. The maximum atomic E-state index is 11.7. The zero-order valence-corrected chi connectivity index (χ0v) is 9.22. The Morgan fingerprint density at radius 1 is 1.29 bits per heavy atom. The summed E-state index contributed by atoms with van der Waals surface area (Å²) in [6.45, 7) is 7.12. The summed E-state index contributed by atoms with van der Waals surface area (Å²) in [5.41, 5.74) is 0. The van der Waals surface area contributed by atoms with Gasteiger partial charge in [-0.2, -0.15) is 0 Å². The number of nitrogens with one attached hydrogen (secondary N) is 1. The minimum absolute atomic E-state index is 0.359. The van der Waals surface area contributed by atoms with E-state index < -0.39 is 13.0 Å². The molecular weight excluding hydrogens is 188 g/mol. The third-order valence-corrected chi connectivity index (χ3v) is 2.09. The molecular formula is C10H21F2NO. The van der Waals surface area contributed by atoms with E-state index in [1.807, 2.05) is 6.92 Å². The third-order valence-electron chi connectivity index (χ3n) is 2.09. The lowest BCUT2D eigenvalue weighted by Crippen LogP contribution is -2.34. The van der Waals surface area contributed by atoms with E-state index in [0.29, 0.717) is 18.6 Å². The van der Waals surface area contributed by atoms with Gasteiger partial charge in [-0.25, -0.2) is 8.78 Å². The van der Waals surface area contributed by atoms with E-state index in [1.54, 1.807) is 0 Å². The van der Waals surface area contributed by atoms with Crippen LogP contribution < -0.4 is 5.32 Å². The molecule has 0 bridgehead atoms. The fraction of sp³-hybridized carbons (Fsp3) is 1.00. The number of ether oxygens (including phenoxy) is 1. The van der Waals surface area contributed by atoms with Crippen molar-refractivity contribution in [2.75, 3.05) is 19.8 Å². The zero-order chi connectivity index (χ0) is 11.0. The van der Waals surface area contributed by atoms with Gasteiger partial charge in [0.25, 0.3) is 6.43 Å². The van der Waals surface area contributed by atoms with Crippen molar-refractivity contribution in [1.29, 1.82) is 0 Å². The molecule has 0 aliphatic rings. The number of hydrogen-bond acceptors (Lipinski definition) is 2. The van der Waals surface area contributed by atoms with E-state index in [2.05, 4.69) is 19.2 Å². The zero-order valence-electron chi connectivity index (χ0n) is 9.22. The molecule has 86 valence electrons. The van der Waals surface area contributed by atoms with Gasteiger partial charge < -0.3 is 10.1 Å². The Kier molecular flexibility index (Phi) is 7.99. The average Bonchev–Trinajstić information content (AvgIpc) is 2.09. The second-order valence-corrected chi connectivity index (χ2v) is 3.66. The highest BCUT2D eigenvalue weighted by molar-refractivity contribution is 4.69. The minimum atomic E-state index is -2.35. The number of alkyl halides is 2. The molecule has 0 aromatic rings. The van der Waals surface area contributed by atoms with Crippen LogP contribution in [0.5, 0.6) is 0 Å². The van der Waals surface area contributed by atoms with Gasteiger partial charge in [-0.05, 0) is 18.9 Å². The molecule has 1 N–H and O–H groups in total. The maximum Gasteiger partial charge on any atom is 0.261 e. The Balaban J connectivity index is 3.50. The summed E-state index contributed by atoms with van der Waals surface area (Å²) in [5, 5.41) is 3.30. The molecule has 0 rings (SSSR count). The van der Waals surface area contributed by atoms with Crippen molar-refractivity contribution in [2.45, 2.75) is 39.7 Å². The summed E-state index contributed by atoms with van der Waals surface area (Å²) >= 11 is 0. The first-order chi connectivity index (χ1) is 6.57. The fourth-order valence-corrected chi connectivity index (χ4v) is 1.32. The molecule has 1 unspecified atom stereocenters. The van der Waals surface area contributed by atoms with Crippen LogP contribution in [-0.2, 0) is 4.74 Å². The van der Waals surface area contributed by atoms with Crippen molar-refractivity contribution < 1.29 is 13.5 Å². The van der Waals surface area contributed by atoms with E-state index in [1.165, 1.54) is 0 Å². The second-order valence-electron chi connectivity index (χ2n) is 3.66. The molecule has 1 atom stereocenters. The first-order valence-corrected chi connectivity index (χ1v) is 5.17. The van der Waals surface area contributed by atoms with Crippen LogP contribution >= 0.6 is 0 Å². The van der Waals surface area contributed by atoms with E-state index in [4.69, 9.17) is 4.74 Å². The van der Waals surface area contributed by atoms with Crippen LogP contribution in [0.3, 0.4) is 0 Å². The Hall–Kier alpha value is -0.220. The van der Waals surface area contributed by atoms with Crippen molar-refractivity contribution >= 4 is 0 Å². The molecule has 2 nitrogen and oxygen atoms in total. The predicted octanol–water partition coefficient (Wildman–Crippen LogP) is 2.29. The highest BCUT2D eigenvalue weighted by atomic mass is 19.3. The van der Waals surface area contributed by atoms with Crippen LogP contribution in [0.25, 0.3) is 0 Å². The standard InChI is InChI=1S/C10H21F2NO/c1-4-13-9(8(2)3)5-6-14-7-10(11)12/h8-10,13H,4-7H2,1-3H3. The molecule has 0 aliphatic carbocycles. The van der Waals surface area contributed by atoms with Crippen molar-refractivity contribution in [3.8, 4) is 0 Å². The average molecular weight is 209 g/mol. The van der Waals surface area contributed by atoms with Gasteiger partial charge in [0.1, 0.15) is 6.61 Å². The van der Waals surface area contributed by atoms with Crippen LogP contribution in [0.1, 0.15) is 27.2 Å². The number of hydrogen-bond donors (Lipinski definition) is 1. The highest BCUT2D eigenvalue weighted by Crippen LogP contribution is 2.06. The van der Waals surface area contributed by atoms with Crippen molar-refractivity contribution in [1.82, 2.24) is 5.32 Å². The first kappa shape index (κ1) is 13.8. The summed E-state index contributed by atoms with van der Waals surface area (Å²) in [4.78, 5) is 0. The van der Waals surface area contributed by atoms with Crippen LogP contribution in [0, 0.1) is 5.92 Å². The number of halogens is 2. The van der Waals surface area contributed by atoms with Gasteiger partial charge in [0, 0.05) is 12.6 Å². The minimum Gasteiger partial charge on any atom is -0.375 e. The predicted molar refractivity (Wildman–Crippen MR) is 53.7 cm³/mol. The highest BCUT2D eigenvalue weighted by Gasteiger charge is 2.11. The lowest BCUT2D eigenvalue weighted by atomic mass is 10.0. The maximum absolute atomic E-state index is 11.7. The van der Waals surface area contributed by atoms with Crippen LogP contribution in [-0.4, -0.2) is 32.2 Å². The molecule has 0 aromatic heterocycles. The summed E-state index contributed by atoms with van der Waals surface area (Å²) in [7, 11) is 0. The van der Waals surface area contributed by atoms with Gasteiger partial charge >= 0.3 is 0 Å². The van der Waals surface area contributed by atoms with Gasteiger partial charge in [0.2, 0.25) is 0 Å². The number of rotatable bonds is 8. The molecule has 0 aromatic carbocycles. The monoisotopic (exact) mass is 209 g/mol. The summed E-state index contributed by atoms with van der Waals surface area (Å²) in [6.07, 6.45) is -1.57. The Morgan fingerprint density at radius 3 is 2.36 bits per heavy atom. The van der Waals surface area contributed by atoms with E-state index in [9.17, 15) is 8.78 Å². The molecule has 0 spiro atoms. The Labute approximate surface area is 85.0 Å². The third kappa shape index (κ3) is 7.21. The lowest BCUT2D eigenvalue weighted by Gasteiger charge is -2.21. The largest absolute Gasteiger partial charge is 0.375 e. The molecule has 0 radical (unpaired) electrons. The van der Waals surface area contributed by atoms with Gasteiger partial charge in [0.05, 0.1) is 0 Å². The Bertz CT molecular complexity index is 131. The lowest BCUT2D eigenvalue weighted by molar-refractivity contribution is 0.0133. The quantitative estimate of drug-likeness (QED) is 0.619. The summed E-state index contributed by atoms with van der Waals surface area (Å²) in [6, 6.07) is 0.359. The van der Waals surface area contributed by atoms with Crippen LogP contribution in [0.15, 0.2) is 0 Å². The SMILES string of the molecule is CCNC(CCOCC(F)F)C(C)C. The van der Waals surface area contributed by atoms with Gasteiger partial charge in [-0.15, -0.1) is 0 Å². The van der Waals surface area contributed by atoms with E-state index in [-0.39, 0.29) is 0 Å². The van der Waals surface area contributed by atoms with E-state index in [0.717, 1.165) is 13.0 Å². The second kappa shape index (κ2) is 8.12. The normalized spacial score (nSPS) is 13.9. The molecule has 0 saturated carbocycles. The fourth-order valence-electron chi connectivity index (χ4n) is 1.32. The smallest absolute Gasteiger partial charge is 0.261 e. The first-order valence-electron chi connectivity index (χ1n) is 5.17. The molecule has 0 saturated heterocycles.